The van der Waals surface area contributed by atoms with Crippen molar-refractivity contribution >= 4 is 31.9 Å². The van der Waals surface area contributed by atoms with E-state index in [0.717, 1.165) is 22.6 Å². The summed E-state index contributed by atoms with van der Waals surface area (Å²) in [5.41, 5.74) is 1.49. The number of benzene rings is 1. The maximum absolute atomic E-state index is 13.1. The minimum Gasteiger partial charge on any atom is -0.207 e. The highest BCUT2D eigenvalue weighted by Crippen LogP contribution is 2.36. The zero-order chi connectivity index (χ0) is 13.6. The van der Waals surface area contributed by atoms with E-state index in [1.165, 1.54) is 24.8 Å². The Hall–Kier alpha value is 0.110. The summed E-state index contributed by atoms with van der Waals surface area (Å²) in [5, 5.41) is 1.00. The molecular weight excluding hydrogens is 359 g/mol. The first-order chi connectivity index (χ1) is 8.56. The highest BCUT2D eigenvalue weighted by atomic mass is 79.9. The van der Waals surface area contributed by atoms with Gasteiger partial charge in [-0.3, -0.25) is 0 Å². The van der Waals surface area contributed by atoms with Crippen LogP contribution < -0.4 is 0 Å². The van der Waals surface area contributed by atoms with Gasteiger partial charge >= 0.3 is 0 Å². The van der Waals surface area contributed by atoms with Crippen molar-refractivity contribution in [1.29, 1.82) is 0 Å². The molecule has 0 saturated heterocycles. The molecule has 18 heavy (non-hydrogen) atoms. The van der Waals surface area contributed by atoms with Gasteiger partial charge in [-0.05, 0) is 42.4 Å². The Morgan fingerprint density at radius 3 is 2.50 bits per heavy atom. The molecule has 0 heterocycles. The summed E-state index contributed by atoms with van der Waals surface area (Å²) in [7, 11) is 0. The lowest BCUT2D eigenvalue weighted by Gasteiger charge is -2.31. The van der Waals surface area contributed by atoms with Crippen LogP contribution >= 0.6 is 31.9 Å². The van der Waals surface area contributed by atoms with Crippen molar-refractivity contribution < 1.29 is 4.39 Å². The van der Waals surface area contributed by atoms with E-state index in [4.69, 9.17) is 0 Å². The molecule has 0 saturated carbocycles. The smallest absolute Gasteiger partial charge is 0.124 e. The molecule has 0 bridgehead atoms. The molecule has 1 aromatic rings. The van der Waals surface area contributed by atoms with Crippen LogP contribution in [0.15, 0.2) is 22.7 Å². The second kappa shape index (κ2) is 7.64. The Morgan fingerprint density at radius 1 is 1.28 bits per heavy atom. The van der Waals surface area contributed by atoms with Gasteiger partial charge in [-0.25, -0.2) is 4.39 Å². The first kappa shape index (κ1) is 16.2. The minimum atomic E-state index is -0.180. The van der Waals surface area contributed by atoms with Crippen molar-refractivity contribution in [2.75, 3.05) is 5.33 Å². The van der Waals surface area contributed by atoms with Crippen LogP contribution in [0.25, 0.3) is 0 Å². The SMILES string of the molecule is CCCCC(CC)(CBr)Cc1ccc(F)cc1Br. The van der Waals surface area contributed by atoms with Crippen LogP contribution in [0, 0.1) is 11.2 Å². The van der Waals surface area contributed by atoms with Gasteiger partial charge in [-0.2, -0.15) is 0 Å². The maximum Gasteiger partial charge on any atom is 0.124 e. The molecule has 1 atom stereocenters. The molecule has 0 N–H and O–H groups in total. The largest absolute Gasteiger partial charge is 0.207 e. The Morgan fingerprint density at radius 2 is 2.00 bits per heavy atom. The fraction of sp³-hybridized carbons (Fsp3) is 0.600. The van der Waals surface area contributed by atoms with Gasteiger partial charge in [-0.1, -0.05) is 64.6 Å². The molecule has 1 aromatic carbocycles. The average molecular weight is 380 g/mol. The molecule has 0 aliphatic rings. The Labute approximate surface area is 127 Å². The van der Waals surface area contributed by atoms with E-state index in [1.54, 1.807) is 12.1 Å². The summed E-state index contributed by atoms with van der Waals surface area (Å²) in [4.78, 5) is 0. The van der Waals surface area contributed by atoms with Crippen molar-refractivity contribution in [2.24, 2.45) is 5.41 Å². The van der Waals surface area contributed by atoms with Crippen LogP contribution in [0.2, 0.25) is 0 Å². The van der Waals surface area contributed by atoms with Crippen LogP contribution in [-0.4, -0.2) is 5.33 Å². The number of hydrogen-bond acceptors (Lipinski definition) is 0. The normalized spacial score (nSPS) is 14.5. The number of alkyl halides is 1. The fourth-order valence-electron chi connectivity index (χ4n) is 2.22. The molecule has 0 amide bonds. The molecule has 1 unspecified atom stereocenters. The van der Waals surface area contributed by atoms with Gasteiger partial charge in [0, 0.05) is 9.80 Å². The first-order valence-electron chi connectivity index (χ1n) is 6.57. The summed E-state index contributed by atoms with van der Waals surface area (Å²) in [5.74, 6) is -0.180. The van der Waals surface area contributed by atoms with E-state index in [-0.39, 0.29) is 11.2 Å². The third-order valence-electron chi connectivity index (χ3n) is 3.67. The van der Waals surface area contributed by atoms with Crippen molar-refractivity contribution in [3.05, 3.63) is 34.1 Å². The van der Waals surface area contributed by atoms with Gasteiger partial charge in [-0.15, -0.1) is 0 Å². The van der Waals surface area contributed by atoms with E-state index in [9.17, 15) is 4.39 Å². The Bertz CT molecular complexity index is 373. The van der Waals surface area contributed by atoms with E-state index in [0.29, 0.717) is 0 Å². The summed E-state index contributed by atoms with van der Waals surface area (Å²) in [6.45, 7) is 4.47. The quantitative estimate of drug-likeness (QED) is 0.501. The van der Waals surface area contributed by atoms with Crippen LogP contribution in [-0.2, 0) is 6.42 Å². The second-order valence-electron chi connectivity index (χ2n) is 5.00. The van der Waals surface area contributed by atoms with Gasteiger partial charge in [0.1, 0.15) is 5.82 Å². The molecule has 0 aromatic heterocycles. The molecular formula is C15H21Br2F. The summed E-state index contributed by atoms with van der Waals surface area (Å²) < 4.78 is 14.0. The number of rotatable bonds is 7. The van der Waals surface area contributed by atoms with E-state index in [1.807, 2.05) is 6.07 Å². The number of hydrogen-bond donors (Lipinski definition) is 0. The monoisotopic (exact) mass is 378 g/mol. The predicted molar refractivity (Wildman–Crippen MR) is 83.8 cm³/mol. The molecule has 102 valence electrons. The van der Waals surface area contributed by atoms with E-state index in [2.05, 4.69) is 45.7 Å². The molecule has 3 heteroatoms. The highest BCUT2D eigenvalue weighted by Gasteiger charge is 2.27. The number of halogens is 3. The first-order valence-corrected chi connectivity index (χ1v) is 8.48. The minimum absolute atomic E-state index is 0.180. The molecule has 0 radical (unpaired) electrons. The zero-order valence-electron chi connectivity index (χ0n) is 11.1. The molecule has 0 nitrogen and oxygen atoms in total. The Balaban J connectivity index is 2.88. The molecule has 1 rings (SSSR count). The van der Waals surface area contributed by atoms with Crippen molar-refractivity contribution in [1.82, 2.24) is 0 Å². The summed E-state index contributed by atoms with van der Waals surface area (Å²) in [6.07, 6.45) is 5.82. The van der Waals surface area contributed by atoms with Gasteiger partial charge in [0.25, 0.3) is 0 Å². The third kappa shape index (κ3) is 4.34. The van der Waals surface area contributed by atoms with Crippen molar-refractivity contribution in [3.8, 4) is 0 Å². The van der Waals surface area contributed by atoms with Crippen LogP contribution in [0.1, 0.15) is 45.1 Å². The molecule has 0 aliphatic carbocycles. The van der Waals surface area contributed by atoms with Gasteiger partial charge < -0.3 is 0 Å². The van der Waals surface area contributed by atoms with E-state index < -0.39 is 0 Å². The van der Waals surface area contributed by atoms with Crippen molar-refractivity contribution in [2.45, 2.75) is 46.0 Å². The van der Waals surface area contributed by atoms with Crippen LogP contribution in [0.3, 0.4) is 0 Å². The summed E-state index contributed by atoms with van der Waals surface area (Å²) >= 11 is 7.14. The fourth-order valence-corrected chi connectivity index (χ4v) is 3.59. The van der Waals surface area contributed by atoms with Gasteiger partial charge in [0.2, 0.25) is 0 Å². The van der Waals surface area contributed by atoms with Gasteiger partial charge in [0.05, 0.1) is 0 Å². The van der Waals surface area contributed by atoms with Crippen molar-refractivity contribution in [3.63, 3.8) is 0 Å². The van der Waals surface area contributed by atoms with Crippen LogP contribution in [0.4, 0.5) is 4.39 Å². The van der Waals surface area contributed by atoms with Crippen LogP contribution in [0.5, 0.6) is 0 Å². The average Bonchev–Trinajstić information content (AvgIpc) is 2.37. The van der Waals surface area contributed by atoms with Gasteiger partial charge in [0.15, 0.2) is 0 Å². The highest BCUT2D eigenvalue weighted by molar-refractivity contribution is 9.10. The topological polar surface area (TPSA) is 0 Å². The second-order valence-corrected chi connectivity index (χ2v) is 6.42. The standard InChI is InChI=1S/C15H21Br2F/c1-3-5-8-15(4-2,11-16)10-12-6-7-13(18)9-14(12)17/h6-7,9H,3-5,8,10-11H2,1-2H3. The predicted octanol–water partition coefficient (Wildman–Crippen LogP) is 6.11. The third-order valence-corrected chi connectivity index (χ3v) is 5.60. The molecule has 0 spiro atoms. The number of unbranched alkanes of at least 4 members (excludes halogenated alkanes) is 1. The Kier molecular flexibility index (Phi) is 6.86. The molecule has 0 aliphatic heterocycles. The lowest BCUT2D eigenvalue weighted by molar-refractivity contribution is 0.283. The summed E-state index contributed by atoms with van der Waals surface area (Å²) in [6, 6.07) is 5.01. The zero-order valence-corrected chi connectivity index (χ0v) is 14.3. The lowest BCUT2D eigenvalue weighted by Crippen LogP contribution is -2.25. The molecule has 0 fully saturated rings. The van der Waals surface area contributed by atoms with E-state index >= 15 is 0 Å². The maximum atomic E-state index is 13.1. The lowest BCUT2D eigenvalue weighted by atomic mass is 9.77.